The number of benzene rings is 1. The van der Waals surface area contributed by atoms with Crippen molar-refractivity contribution in [2.45, 2.75) is 39.8 Å². The van der Waals surface area contributed by atoms with Gasteiger partial charge in [0.2, 0.25) is 0 Å². The third kappa shape index (κ3) is 4.80. The smallest absolute Gasteiger partial charge is 0.131 e. The SMILES string of the molecule is CCNC(C)c1c(F)cccc1OC(C)COCC. The summed E-state index contributed by atoms with van der Waals surface area (Å²) in [5.74, 6) is 0.343. The van der Waals surface area contributed by atoms with Crippen LogP contribution in [0, 0.1) is 5.82 Å². The van der Waals surface area contributed by atoms with E-state index in [1.807, 2.05) is 27.7 Å². The van der Waals surface area contributed by atoms with Crippen molar-refractivity contribution in [1.29, 1.82) is 0 Å². The third-order valence-electron chi connectivity index (χ3n) is 2.84. The predicted octanol–water partition coefficient (Wildman–Crippen LogP) is 3.30. The molecule has 0 bridgehead atoms. The summed E-state index contributed by atoms with van der Waals surface area (Å²) >= 11 is 0. The van der Waals surface area contributed by atoms with Crippen LogP contribution in [0.3, 0.4) is 0 Å². The molecule has 1 rings (SSSR count). The fourth-order valence-corrected chi connectivity index (χ4v) is 1.98. The number of hydrogen-bond acceptors (Lipinski definition) is 3. The maximum absolute atomic E-state index is 14.0. The summed E-state index contributed by atoms with van der Waals surface area (Å²) in [5, 5.41) is 3.21. The van der Waals surface area contributed by atoms with Gasteiger partial charge in [-0.25, -0.2) is 4.39 Å². The average Bonchev–Trinajstić information content (AvgIpc) is 2.36. The Bertz CT molecular complexity index is 384. The van der Waals surface area contributed by atoms with Crippen molar-refractivity contribution in [3.63, 3.8) is 0 Å². The van der Waals surface area contributed by atoms with Crippen LogP contribution in [-0.2, 0) is 4.74 Å². The van der Waals surface area contributed by atoms with Gasteiger partial charge in [-0.3, -0.25) is 0 Å². The zero-order valence-corrected chi connectivity index (χ0v) is 12.2. The van der Waals surface area contributed by atoms with E-state index in [1.165, 1.54) is 6.07 Å². The molecule has 0 spiro atoms. The lowest BCUT2D eigenvalue weighted by Crippen LogP contribution is -2.23. The molecule has 0 aliphatic rings. The summed E-state index contributed by atoms with van der Waals surface area (Å²) in [5.41, 5.74) is 0.577. The minimum absolute atomic E-state index is 0.0829. The van der Waals surface area contributed by atoms with Gasteiger partial charge in [-0.15, -0.1) is 0 Å². The maximum atomic E-state index is 14.0. The van der Waals surface area contributed by atoms with Crippen molar-refractivity contribution in [2.24, 2.45) is 0 Å². The first-order valence-electron chi connectivity index (χ1n) is 6.86. The summed E-state index contributed by atoms with van der Waals surface area (Å²) in [6.07, 6.45) is -0.102. The lowest BCUT2D eigenvalue weighted by Gasteiger charge is -2.21. The molecule has 0 radical (unpaired) electrons. The van der Waals surface area contributed by atoms with Gasteiger partial charge in [0.05, 0.1) is 6.61 Å². The lowest BCUT2D eigenvalue weighted by molar-refractivity contribution is 0.0647. The third-order valence-corrected chi connectivity index (χ3v) is 2.84. The number of ether oxygens (including phenoxy) is 2. The quantitative estimate of drug-likeness (QED) is 0.785. The highest BCUT2D eigenvalue weighted by atomic mass is 19.1. The normalized spacial score (nSPS) is 14.2. The molecule has 4 heteroatoms. The van der Waals surface area contributed by atoms with E-state index in [9.17, 15) is 4.39 Å². The Balaban J connectivity index is 2.84. The highest BCUT2D eigenvalue weighted by molar-refractivity contribution is 5.37. The zero-order valence-electron chi connectivity index (χ0n) is 12.2. The van der Waals surface area contributed by atoms with Crippen molar-refractivity contribution in [2.75, 3.05) is 19.8 Å². The molecule has 0 aromatic heterocycles. The zero-order chi connectivity index (χ0) is 14.3. The van der Waals surface area contributed by atoms with Crippen LogP contribution < -0.4 is 10.1 Å². The number of halogens is 1. The van der Waals surface area contributed by atoms with E-state index >= 15 is 0 Å². The van der Waals surface area contributed by atoms with Gasteiger partial charge in [0, 0.05) is 18.2 Å². The molecule has 0 aliphatic carbocycles. The molecule has 0 fully saturated rings. The fraction of sp³-hybridized carbons (Fsp3) is 0.600. The summed E-state index contributed by atoms with van der Waals surface area (Å²) in [6.45, 7) is 9.72. The van der Waals surface area contributed by atoms with Crippen LogP contribution in [-0.4, -0.2) is 25.9 Å². The summed E-state index contributed by atoms with van der Waals surface area (Å²) < 4.78 is 25.1. The van der Waals surface area contributed by atoms with Crippen LogP contribution in [0.25, 0.3) is 0 Å². The molecule has 2 atom stereocenters. The lowest BCUT2D eigenvalue weighted by atomic mass is 10.1. The first kappa shape index (κ1) is 15.9. The minimum atomic E-state index is -0.241. The Hall–Kier alpha value is -1.13. The molecule has 0 amide bonds. The van der Waals surface area contributed by atoms with Gasteiger partial charge >= 0.3 is 0 Å². The molecule has 0 heterocycles. The van der Waals surface area contributed by atoms with Gasteiger partial charge in [0.1, 0.15) is 17.7 Å². The second kappa shape index (κ2) is 8.12. The summed E-state index contributed by atoms with van der Waals surface area (Å²) in [7, 11) is 0. The van der Waals surface area contributed by atoms with Crippen LogP contribution in [0.15, 0.2) is 18.2 Å². The van der Waals surface area contributed by atoms with E-state index in [4.69, 9.17) is 9.47 Å². The second-order valence-electron chi connectivity index (χ2n) is 4.52. The molecule has 2 unspecified atom stereocenters. The van der Waals surface area contributed by atoms with E-state index in [2.05, 4.69) is 5.32 Å². The standard InChI is InChI=1S/C15H24FNO2/c1-5-17-12(4)15-13(16)8-7-9-14(15)19-11(3)10-18-6-2/h7-9,11-12,17H,5-6,10H2,1-4H3. The first-order valence-corrected chi connectivity index (χ1v) is 6.86. The highest BCUT2D eigenvalue weighted by Crippen LogP contribution is 2.28. The Labute approximate surface area is 115 Å². The van der Waals surface area contributed by atoms with E-state index < -0.39 is 0 Å². The van der Waals surface area contributed by atoms with Crippen LogP contribution in [0.4, 0.5) is 4.39 Å². The Morgan fingerprint density at radius 1 is 1.26 bits per heavy atom. The summed E-state index contributed by atoms with van der Waals surface area (Å²) in [4.78, 5) is 0. The second-order valence-corrected chi connectivity index (χ2v) is 4.52. The van der Waals surface area contributed by atoms with Crippen LogP contribution in [0.2, 0.25) is 0 Å². The van der Waals surface area contributed by atoms with Gasteiger partial charge in [-0.05, 0) is 39.4 Å². The predicted molar refractivity (Wildman–Crippen MR) is 75.1 cm³/mol. The number of hydrogen-bond donors (Lipinski definition) is 1. The van der Waals surface area contributed by atoms with E-state index in [1.54, 1.807) is 12.1 Å². The molecular weight excluding hydrogens is 245 g/mol. The number of rotatable bonds is 8. The molecule has 0 saturated heterocycles. The molecule has 0 aliphatic heterocycles. The van der Waals surface area contributed by atoms with Gasteiger partial charge in [-0.1, -0.05) is 13.0 Å². The molecule has 19 heavy (non-hydrogen) atoms. The minimum Gasteiger partial charge on any atom is -0.488 e. The molecule has 1 N–H and O–H groups in total. The Morgan fingerprint density at radius 3 is 2.63 bits per heavy atom. The molecule has 1 aromatic carbocycles. The molecule has 108 valence electrons. The van der Waals surface area contributed by atoms with Crippen molar-refractivity contribution in [1.82, 2.24) is 5.32 Å². The van der Waals surface area contributed by atoms with Crippen LogP contribution >= 0.6 is 0 Å². The Morgan fingerprint density at radius 2 is 2.00 bits per heavy atom. The van der Waals surface area contributed by atoms with Gasteiger partial charge in [-0.2, -0.15) is 0 Å². The average molecular weight is 269 g/mol. The first-order chi connectivity index (χ1) is 9.10. The van der Waals surface area contributed by atoms with Gasteiger partial charge < -0.3 is 14.8 Å². The fourth-order valence-electron chi connectivity index (χ4n) is 1.98. The topological polar surface area (TPSA) is 30.5 Å². The van der Waals surface area contributed by atoms with Crippen LogP contribution in [0.1, 0.15) is 39.3 Å². The van der Waals surface area contributed by atoms with E-state index in [-0.39, 0.29) is 18.0 Å². The largest absolute Gasteiger partial charge is 0.488 e. The van der Waals surface area contributed by atoms with E-state index in [0.717, 1.165) is 6.54 Å². The van der Waals surface area contributed by atoms with Gasteiger partial charge in [0.15, 0.2) is 0 Å². The van der Waals surface area contributed by atoms with Crippen molar-refractivity contribution in [3.05, 3.63) is 29.6 Å². The van der Waals surface area contributed by atoms with Crippen molar-refractivity contribution >= 4 is 0 Å². The van der Waals surface area contributed by atoms with Crippen molar-refractivity contribution in [3.8, 4) is 5.75 Å². The summed E-state index contributed by atoms with van der Waals surface area (Å²) in [6, 6.07) is 4.85. The molecule has 3 nitrogen and oxygen atoms in total. The Kier molecular flexibility index (Phi) is 6.81. The highest BCUT2D eigenvalue weighted by Gasteiger charge is 2.17. The maximum Gasteiger partial charge on any atom is 0.131 e. The molecule has 1 aromatic rings. The monoisotopic (exact) mass is 269 g/mol. The van der Waals surface area contributed by atoms with E-state index in [0.29, 0.717) is 24.5 Å². The van der Waals surface area contributed by atoms with Crippen molar-refractivity contribution < 1.29 is 13.9 Å². The molecular formula is C15H24FNO2. The molecule has 0 saturated carbocycles. The number of nitrogens with one attached hydrogen (secondary N) is 1. The van der Waals surface area contributed by atoms with Gasteiger partial charge in [0.25, 0.3) is 0 Å². The van der Waals surface area contributed by atoms with Crippen LogP contribution in [0.5, 0.6) is 5.75 Å².